The van der Waals surface area contributed by atoms with E-state index in [1.165, 1.54) is 12.8 Å². The Hall–Kier alpha value is -0.160. The first-order valence-electron chi connectivity index (χ1n) is 7.80. The van der Waals surface area contributed by atoms with Crippen LogP contribution in [0.2, 0.25) is 0 Å². The zero-order chi connectivity index (χ0) is 15.8. The van der Waals surface area contributed by atoms with Gasteiger partial charge in [-0.25, -0.2) is 0 Å². The molecule has 6 N–H and O–H groups in total. The summed E-state index contributed by atoms with van der Waals surface area (Å²) in [6, 6.07) is 0.464. The fourth-order valence-corrected chi connectivity index (χ4v) is 3.84. The molecule has 0 bridgehead atoms. The predicted octanol–water partition coefficient (Wildman–Crippen LogP) is 2.14. The van der Waals surface area contributed by atoms with Gasteiger partial charge in [0.2, 0.25) is 0 Å². The number of hydrogen-bond donors (Lipinski definition) is 4. The van der Waals surface area contributed by atoms with Crippen molar-refractivity contribution in [2.75, 3.05) is 6.54 Å². The normalized spacial score (nSPS) is 31.4. The van der Waals surface area contributed by atoms with Gasteiger partial charge in [-0.3, -0.25) is 10.6 Å². The second-order valence-electron chi connectivity index (χ2n) is 9.20. The van der Waals surface area contributed by atoms with Crippen molar-refractivity contribution in [2.45, 2.75) is 85.1 Å². The largest absolute Gasteiger partial charge is 0.314 e. The highest BCUT2D eigenvalue weighted by atomic mass is 15.1. The van der Waals surface area contributed by atoms with Gasteiger partial charge in [-0.2, -0.15) is 0 Å². The van der Waals surface area contributed by atoms with Crippen molar-refractivity contribution in [1.82, 2.24) is 10.6 Å². The molecule has 4 nitrogen and oxygen atoms in total. The lowest BCUT2D eigenvalue weighted by atomic mass is 9.62. The fraction of sp³-hybridized carbons (Fsp3) is 1.00. The molecule has 120 valence electrons. The molecule has 0 saturated heterocycles. The summed E-state index contributed by atoms with van der Waals surface area (Å²) in [6.45, 7) is 16.1. The van der Waals surface area contributed by atoms with Crippen LogP contribution in [0.3, 0.4) is 0 Å². The van der Waals surface area contributed by atoms with Crippen LogP contribution in [0.4, 0.5) is 0 Å². The van der Waals surface area contributed by atoms with Crippen molar-refractivity contribution in [3.63, 3.8) is 0 Å². The van der Waals surface area contributed by atoms with E-state index in [4.69, 9.17) is 11.5 Å². The topological polar surface area (TPSA) is 76.1 Å². The van der Waals surface area contributed by atoms with Crippen LogP contribution in [0.25, 0.3) is 0 Å². The van der Waals surface area contributed by atoms with Crippen LogP contribution < -0.4 is 22.1 Å². The molecule has 2 atom stereocenters. The molecule has 0 amide bonds. The Bertz CT molecular complexity index is 322. The Morgan fingerprint density at radius 3 is 2.00 bits per heavy atom. The predicted molar refractivity (Wildman–Crippen MR) is 87.2 cm³/mol. The van der Waals surface area contributed by atoms with Crippen LogP contribution in [0, 0.1) is 10.8 Å². The third kappa shape index (κ3) is 6.53. The summed E-state index contributed by atoms with van der Waals surface area (Å²) in [5.74, 6) is 0. The van der Waals surface area contributed by atoms with E-state index < -0.39 is 0 Å². The Morgan fingerprint density at radius 1 is 1.00 bits per heavy atom. The van der Waals surface area contributed by atoms with Crippen LogP contribution in [-0.4, -0.2) is 23.9 Å². The lowest BCUT2D eigenvalue weighted by Crippen LogP contribution is -2.59. The lowest BCUT2D eigenvalue weighted by Gasteiger charge is -2.49. The van der Waals surface area contributed by atoms with E-state index in [1.54, 1.807) is 0 Å². The summed E-state index contributed by atoms with van der Waals surface area (Å²) in [6.07, 6.45) is 3.53. The monoisotopic (exact) mass is 284 g/mol. The molecule has 2 unspecified atom stereocenters. The Balaban J connectivity index is 2.75. The first kappa shape index (κ1) is 17.9. The fourth-order valence-electron chi connectivity index (χ4n) is 3.84. The van der Waals surface area contributed by atoms with Crippen LogP contribution in [-0.2, 0) is 0 Å². The summed E-state index contributed by atoms with van der Waals surface area (Å²) < 4.78 is 0. The van der Waals surface area contributed by atoms with Gasteiger partial charge < -0.3 is 11.5 Å². The summed E-state index contributed by atoms with van der Waals surface area (Å²) in [5.41, 5.74) is 12.2. The molecule has 0 aromatic carbocycles. The highest BCUT2D eigenvalue weighted by molar-refractivity contribution is 4.97. The van der Waals surface area contributed by atoms with E-state index in [1.807, 2.05) is 27.7 Å². The molecular formula is C16H36N4. The third-order valence-electron chi connectivity index (χ3n) is 3.99. The molecule has 4 heteroatoms. The number of hydrogen-bond acceptors (Lipinski definition) is 4. The van der Waals surface area contributed by atoms with E-state index in [0.29, 0.717) is 11.5 Å². The molecule has 20 heavy (non-hydrogen) atoms. The van der Waals surface area contributed by atoms with E-state index in [9.17, 15) is 0 Å². The zero-order valence-electron chi connectivity index (χ0n) is 14.6. The van der Waals surface area contributed by atoms with Crippen LogP contribution in [0.5, 0.6) is 0 Å². The van der Waals surface area contributed by atoms with Gasteiger partial charge in [-0.05, 0) is 57.8 Å². The SMILES string of the molecule is CC1(C)CC(NC(C)(C)N)CC(C)(CNC(C)(C)N)C1. The van der Waals surface area contributed by atoms with Gasteiger partial charge in [0.05, 0.1) is 11.3 Å². The first-order chi connectivity index (χ1) is 8.70. The molecule has 1 saturated carbocycles. The van der Waals surface area contributed by atoms with Gasteiger partial charge in [0.15, 0.2) is 0 Å². The molecule has 1 aliphatic rings. The minimum Gasteiger partial charge on any atom is -0.314 e. The third-order valence-corrected chi connectivity index (χ3v) is 3.99. The summed E-state index contributed by atoms with van der Waals surface area (Å²) in [7, 11) is 0. The average Bonchev–Trinajstić information content (AvgIpc) is 2.07. The van der Waals surface area contributed by atoms with Crippen molar-refractivity contribution < 1.29 is 0 Å². The van der Waals surface area contributed by atoms with Crippen molar-refractivity contribution in [1.29, 1.82) is 0 Å². The number of nitrogens with two attached hydrogens (primary N) is 2. The molecule has 1 fully saturated rings. The maximum atomic E-state index is 6.14. The summed E-state index contributed by atoms with van der Waals surface area (Å²) >= 11 is 0. The maximum Gasteiger partial charge on any atom is 0.0605 e. The first-order valence-corrected chi connectivity index (χ1v) is 7.80. The Kier molecular flexibility index (Phi) is 4.97. The molecule has 0 aromatic rings. The molecule has 0 radical (unpaired) electrons. The molecular weight excluding hydrogens is 248 g/mol. The standard InChI is InChI=1S/C16H36N4/c1-13(2)8-12(20-15(5,6)18)9-16(7,10-13)11-19-14(3,4)17/h12,19-20H,8-11,17-18H2,1-7H3. The van der Waals surface area contributed by atoms with Crippen molar-refractivity contribution >= 4 is 0 Å². The summed E-state index contributed by atoms with van der Waals surface area (Å²) in [5, 5.41) is 7.06. The maximum absolute atomic E-state index is 6.14. The smallest absolute Gasteiger partial charge is 0.0605 e. The second-order valence-corrected chi connectivity index (χ2v) is 9.20. The van der Waals surface area contributed by atoms with E-state index >= 15 is 0 Å². The van der Waals surface area contributed by atoms with Crippen molar-refractivity contribution in [2.24, 2.45) is 22.3 Å². The Morgan fingerprint density at radius 2 is 1.55 bits per heavy atom. The van der Waals surface area contributed by atoms with Gasteiger partial charge >= 0.3 is 0 Å². The quantitative estimate of drug-likeness (QED) is 0.584. The molecule has 0 spiro atoms. The van der Waals surface area contributed by atoms with Gasteiger partial charge in [0, 0.05) is 12.6 Å². The highest BCUT2D eigenvalue weighted by Gasteiger charge is 2.42. The molecule has 0 heterocycles. The van der Waals surface area contributed by atoms with Crippen LogP contribution in [0.1, 0.15) is 67.7 Å². The minimum absolute atomic E-state index is 0.251. The van der Waals surface area contributed by atoms with E-state index in [-0.39, 0.29) is 16.7 Å². The van der Waals surface area contributed by atoms with Gasteiger partial charge in [-0.15, -0.1) is 0 Å². The average molecular weight is 284 g/mol. The Labute approximate surface area is 125 Å². The number of nitrogens with one attached hydrogen (secondary N) is 2. The van der Waals surface area contributed by atoms with Crippen LogP contribution in [0.15, 0.2) is 0 Å². The second kappa shape index (κ2) is 5.56. The van der Waals surface area contributed by atoms with Gasteiger partial charge in [0.1, 0.15) is 0 Å². The van der Waals surface area contributed by atoms with Crippen molar-refractivity contribution in [3.8, 4) is 0 Å². The molecule has 1 aliphatic carbocycles. The molecule has 0 aromatic heterocycles. The van der Waals surface area contributed by atoms with Gasteiger partial charge in [0.25, 0.3) is 0 Å². The molecule has 0 aliphatic heterocycles. The van der Waals surface area contributed by atoms with E-state index in [2.05, 4.69) is 31.4 Å². The van der Waals surface area contributed by atoms with Crippen LogP contribution >= 0.6 is 0 Å². The lowest BCUT2D eigenvalue weighted by molar-refractivity contribution is 0.0552. The summed E-state index contributed by atoms with van der Waals surface area (Å²) in [4.78, 5) is 0. The van der Waals surface area contributed by atoms with Gasteiger partial charge in [-0.1, -0.05) is 20.8 Å². The zero-order valence-corrected chi connectivity index (χ0v) is 14.6. The van der Waals surface area contributed by atoms with E-state index in [0.717, 1.165) is 13.0 Å². The highest BCUT2D eigenvalue weighted by Crippen LogP contribution is 2.46. The number of rotatable bonds is 5. The molecule has 1 rings (SSSR count). The minimum atomic E-state index is -0.320. The van der Waals surface area contributed by atoms with Crippen molar-refractivity contribution in [3.05, 3.63) is 0 Å².